The van der Waals surface area contributed by atoms with E-state index in [1.165, 1.54) is 5.56 Å². The van der Waals surface area contributed by atoms with Gasteiger partial charge in [-0.25, -0.2) is 18.1 Å². The fourth-order valence-corrected chi connectivity index (χ4v) is 4.37. The molecule has 0 spiro atoms. The van der Waals surface area contributed by atoms with Gasteiger partial charge in [0, 0.05) is 13.1 Å². The van der Waals surface area contributed by atoms with Crippen molar-refractivity contribution in [2.75, 3.05) is 13.1 Å². The van der Waals surface area contributed by atoms with Crippen LogP contribution in [0.1, 0.15) is 53.5 Å². The van der Waals surface area contributed by atoms with Crippen LogP contribution in [0.15, 0.2) is 27.5 Å². The van der Waals surface area contributed by atoms with E-state index in [0.717, 1.165) is 24.8 Å². The molecule has 1 aromatic carbocycles. The number of rotatable bonds is 7. The molecule has 1 heterocycles. The number of hydrogen-bond acceptors (Lipinski definition) is 5. The van der Waals surface area contributed by atoms with E-state index in [4.69, 9.17) is 4.42 Å². The van der Waals surface area contributed by atoms with Crippen molar-refractivity contribution in [2.45, 2.75) is 51.5 Å². The van der Waals surface area contributed by atoms with Gasteiger partial charge in [-0.3, -0.25) is 4.79 Å². The molecule has 1 aromatic heterocycles. The molecule has 1 amide bonds. The summed E-state index contributed by atoms with van der Waals surface area (Å²) in [6, 6.07) is 5.25. The van der Waals surface area contributed by atoms with Crippen molar-refractivity contribution in [3.63, 3.8) is 0 Å². The minimum Gasteiger partial charge on any atom is -0.444 e. The van der Waals surface area contributed by atoms with E-state index in [9.17, 15) is 13.2 Å². The van der Waals surface area contributed by atoms with Gasteiger partial charge in [0.1, 0.15) is 5.76 Å². The van der Waals surface area contributed by atoms with Gasteiger partial charge in [-0.05, 0) is 63.3 Å². The number of nitrogens with one attached hydrogen (secondary N) is 1. The number of carbonyl (C=O) groups is 1. The van der Waals surface area contributed by atoms with Crippen LogP contribution in [0, 0.1) is 6.92 Å². The van der Waals surface area contributed by atoms with E-state index in [0.29, 0.717) is 18.8 Å². The van der Waals surface area contributed by atoms with Crippen LogP contribution in [0.4, 0.5) is 0 Å². The van der Waals surface area contributed by atoms with Gasteiger partial charge in [0.2, 0.25) is 15.9 Å². The Morgan fingerprint density at radius 2 is 1.93 bits per heavy atom. The number of aromatic nitrogens is 1. The molecule has 0 saturated heterocycles. The number of amides is 1. The van der Waals surface area contributed by atoms with Gasteiger partial charge in [-0.2, -0.15) is 0 Å². The Labute approximate surface area is 159 Å². The molecule has 0 radical (unpaired) electrons. The summed E-state index contributed by atoms with van der Waals surface area (Å²) >= 11 is 0. The van der Waals surface area contributed by atoms with Gasteiger partial charge in [-0.1, -0.05) is 6.07 Å². The number of aryl methyl sites for hydroxylation is 3. The normalized spacial score (nSPS) is 13.6. The summed E-state index contributed by atoms with van der Waals surface area (Å²) < 4.78 is 33.2. The van der Waals surface area contributed by atoms with Gasteiger partial charge in [-0.15, -0.1) is 0 Å². The average Bonchev–Trinajstić information content (AvgIpc) is 3.26. The minimum absolute atomic E-state index is 0.105. The van der Waals surface area contributed by atoms with Gasteiger partial charge >= 0.3 is 0 Å². The number of fused-ring (bicyclic) bond motifs is 1. The maximum atomic E-state index is 12.6. The molecule has 27 heavy (non-hydrogen) atoms. The van der Waals surface area contributed by atoms with Gasteiger partial charge in [0.05, 0.1) is 11.4 Å². The summed E-state index contributed by atoms with van der Waals surface area (Å²) in [5.41, 5.74) is 2.54. The zero-order valence-electron chi connectivity index (χ0n) is 15.9. The summed E-state index contributed by atoms with van der Waals surface area (Å²) in [7, 11) is -3.67. The lowest BCUT2D eigenvalue weighted by atomic mass is 10.1. The van der Waals surface area contributed by atoms with E-state index >= 15 is 0 Å². The predicted octanol–water partition coefficient (Wildman–Crippen LogP) is 2.43. The maximum Gasteiger partial charge on any atom is 0.276 e. The monoisotopic (exact) mass is 391 g/mol. The van der Waals surface area contributed by atoms with Crippen molar-refractivity contribution < 1.29 is 17.6 Å². The molecule has 0 atom stereocenters. The zero-order valence-corrected chi connectivity index (χ0v) is 16.7. The molecule has 8 heteroatoms. The van der Waals surface area contributed by atoms with Crippen LogP contribution in [-0.2, 0) is 29.4 Å². The number of sulfonamides is 1. The minimum atomic E-state index is -3.67. The first-order valence-corrected chi connectivity index (χ1v) is 10.7. The van der Waals surface area contributed by atoms with Crippen molar-refractivity contribution in [2.24, 2.45) is 0 Å². The molecule has 3 rings (SSSR count). The zero-order chi connectivity index (χ0) is 19.6. The van der Waals surface area contributed by atoms with Gasteiger partial charge in [0.15, 0.2) is 5.69 Å². The van der Waals surface area contributed by atoms with Crippen LogP contribution in [0.2, 0.25) is 0 Å². The van der Waals surface area contributed by atoms with E-state index in [1.54, 1.807) is 24.0 Å². The quantitative estimate of drug-likeness (QED) is 0.782. The fraction of sp³-hybridized carbons (Fsp3) is 0.474. The lowest BCUT2D eigenvalue weighted by Crippen LogP contribution is -2.31. The van der Waals surface area contributed by atoms with Crippen molar-refractivity contribution in [3.05, 3.63) is 46.7 Å². The average molecular weight is 391 g/mol. The van der Waals surface area contributed by atoms with Crippen LogP contribution < -0.4 is 4.72 Å². The van der Waals surface area contributed by atoms with Crippen LogP contribution in [0.25, 0.3) is 0 Å². The van der Waals surface area contributed by atoms with E-state index < -0.39 is 10.0 Å². The third-order valence-corrected chi connectivity index (χ3v) is 6.29. The van der Waals surface area contributed by atoms with Crippen molar-refractivity contribution in [3.8, 4) is 0 Å². The van der Waals surface area contributed by atoms with E-state index in [2.05, 4.69) is 9.71 Å². The highest BCUT2D eigenvalue weighted by Gasteiger charge is 2.23. The second kappa shape index (κ2) is 7.82. The molecule has 1 aliphatic rings. The summed E-state index contributed by atoms with van der Waals surface area (Å²) in [5.74, 6) is 0.348. The van der Waals surface area contributed by atoms with E-state index in [1.807, 2.05) is 19.9 Å². The van der Waals surface area contributed by atoms with Crippen LogP contribution in [0.3, 0.4) is 0 Å². The van der Waals surface area contributed by atoms with Crippen LogP contribution in [0.5, 0.6) is 0 Å². The number of nitrogens with zero attached hydrogens (tertiary/aromatic N) is 2. The molecule has 0 fully saturated rings. The van der Waals surface area contributed by atoms with E-state index in [-0.39, 0.29) is 28.9 Å². The molecular weight excluding hydrogens is 366 g/mol. The molecule has 1 N–H and O–H groups in total. The van der Waals surface area contributed by atoms with Gasteiger partial charge in [0.25, 0.3) is 5.91 Å². The first kappa shape index (κ1) is 19.6. The molecule has 0 unspecified atom stereocenters. The van der Waals surface area contributed by atoms with Crippen LogP contribution in [-0.4, -0.2) is 37.3 Å². The molecule has 0 aliphatic heterocycles. The smallest absolute Gasteiger partial charge is 0.276 e. The van der Waals surface area contributed by atoms with Crippen molar-refractivity contribution >= 4 is 15.9 Å². The second-order valence-electron chi connectivity index (χ2n) is 6.60. The topological polar surface area (TPSA) is 92.5 Å². The highest BCUT2D eigenvalue weighted by molar-refractivity contribution is 7.89. The number of hydrogen-bond donors (Lipinski definition) is 1. The molecule has 146 valence electrons. The van der Waals surface area contributed by atoms with Crippen molar-refractivity contribution in [1.82, 2.24) is 14.6 Å². The molecule has 2 aromatic rings. The summed E-state index contributed by atoms with van der Waals surface area (Å²) in [6.07, 6.45) is 2.97. The Bertz CT molecular complexity index is 946. The molecule has 7 nitrogen and oxygen atoms in total. The number of oxazole rings is 1. The predicted molar refractivity (Wildman–Crippen MR) is 101 cm³/mol. The summed E-state index contributed by atoms with van der Waals surface area (Å²) in [4.78, 5) is 18.5. The Balaban J connectivity index is 1.73. The van der Waals surface area contributed by atoms with Gasteiger partial charge < -0.3 is 9.32 Å². The Morgan fingerprint density at radius 1 is 1.22 bits per heavy atom. The first-order valence-electron chi connectivity index (χ1n) is 9.22. The number of benzene rings is 1. The highest BCUT2D eigenvalue weighted by Crippen LogP contribution is 2.24. The SMILES string of the molecule is CCN(CC)C(=O)c1nc(CNS(=O)(=O)c2ccc3c(c2)CCC3)oc1C. The standard InChI is InChI=1S/C19H25N3O4S/c1-4-22(5-2)19(23)18-13(3)26-17(21-18)12-20-27(24,25)16-10-9-14-7-6-8-15(14)11-16/h9-11,20H,4-8,12H2,1-3H3. The Morgan fingerprint density at radius 3 is 2.63 bits per heavy atom. The lowest BCUT2D eigenvalue weighted by Gasteiger charge is -2.16. The van der Waals surface area contributed by atoms with Crippen molar-refractivity contribution in [1.29, 1.82) is 0 Å². The lowest BCUT2D eigenvalue weighted by molar-refractivity contribution is 0.0766. The Kier molecular flexibility index (Phi) is 5.67. The summed E-state index contributed by atoms with van der Waals surface area (Å²) in [5, 5.41) is 0. The maximum absolute atomic E-state index is 12.6. The Hall–Kier alpha value is -2.19. The third kappa shape index (κ3) is 4.06. The highest BCUT2D eigenvalue weighted by atomic mass is 32.2. The first-order chi connectivity index (χ1) is 12.9. The third-order valence-electron chi connectivity index (χ3n) is 4.89. The molecule has 0 saturated carbocycles. The fourth-order valence-electron chi connectivity index (χ4n) is 3.34. The largest absolute Gasteiger partial charge is 0.444 e. The second-order valence-corrected chi connectivity index (χ2v) is 8.37. The molecule has 0 bridgehead atoms. The molecule has 1 aliphatic carbocycles. The molecular formula is C19H25N3O4S. The summed E-state index contributed by atoms with van der Waals surface area (Å²) in [6.45, 7) is 6.48. The number of carbonyl (C=O) groups excluding carboxylic acids is 1. The van der Waals surface area contributed by atoms with Crippen LogP contribution >= 0.6 is 0 Å².